The van der Waals surface area contributed by atoms with Gasteiger partial charge in [-0.15, -0.1) is 0 Å². The molecule has 0 aromatic heterocycles. The Balaban J connectivity index is 2.45. The smallest absolute Gasteiger partial charge is 0.118 e. The lowest BCUT2D eigenvalue weighted by molar-refractivity contribution is 0.0694. The second kappa shape index (κ2) is 6.30. The van der Waals surface area contributed by atoms with Gasteiger partial charge in [-0.25, -0.2) is 0 Å². The summed E-state index contributed by atoms with van der Waals surface area (Å²) in [5, 5.41) is 8.87. The molecule has 0 fully saturated rings. The predicted molar refractivity (Wildman–Crippen MR) is 63.5 cm³/mol. The average molecular weight is 222 g/mol. The summed E-state index contributed by atoms with van der Waals surface area (Å²) in [6.45, 7) is 6.06. The summed E-state index contributed by atoms with van der Waals surface area (Å²) >= 11 is 0. The molecule has 0 spiro atoms. The molecule has 0 aliphatic carbocycles. The summed E-state index contributed by atoms with van der Waals surface area (Å²) in [5.74, 6) is 0.830. The number of benzene rings is 1. The van der Waals surface area contributed by atoms with Crippen LogP contribution in [-0.2, 0) is 11.3 Å². The molecule has 16 heavy (non-hydrogen) atoms. The second-order valence-electron chi connectivity index (χ2n) is 3.62. The van der Waals surface area contributed by atoms with E-state index in [4.69, 9.17) is 14.6 Å². The van der Waals surface area contributed by atoms with E-state index in [1.165, 1.54) is 0 Å². The van der Waals surface area contributed by atoms with E-state index in [9.17, 15) is 0 Å². The number of aliphatic hydroxyl groups is 1. The van der Waals surface area contributed by atoms with Crippen LogP contribution in [0.3, 0.4) is 0 Å². The van der Waals surface area contributed by atoms with Crippen LogP contribution >= 0.6 is 0 Å². The number of aliphatic hydroxyl groups excluding tert-OH is 1. The van der Waals surface area contributed by atoms with Gasteiger partial charge in [-0.3, -0.25) is 0 Å². The topological polar surface area (TPSA) is 38.7 Å². The van der Waals surface area contributed by atoms with Crippen molar-refractivity contribution in [3.05, 3.63) is 42.0 Å². The molecule has 0 radical (unpaired) electrons. The summed E-state index contributed by atoms with van der Waals surface area (Å²) in [4.78, 5) is 0. The average Bonchev–Trinajstić information content (AvgIpc) is 2.35. The van der Waals surface area contributed by atoms with Crippen molar-refractivity contribution in [2.45, 2.75) is 19.6 Å². The first kappa shape index (κ1) is 12.7. The first-order valence-corrected chi connectivity index (χ1v) is 5.20. The van der Waals surface area contributed by atoms with E-state index in [1.807, 2.05) is 31.2 Å². The maximum atomic E-state index is 8.87. The fraction of sp³-hybridized carbons (Fsp3) is 0.385. The Labute approximate surface area is 96.3 Å². The van der Waals surface area contributed by atoms with E-state index in [1.54, 1.807) is 7.11 Å². The Morgan fingerprint density at radius 3 is 2.50 bits per heavy atom. The van der Waals surface area contributed by atoms with Gasteiger partial charge in [-0.05, 0) is 30.2 Å². The lowest BCUT2D eigenvalue weighted by Gasteiger charge is -2.14. The van der Waals surface area contributed by atoms with Gasteiger partial charge in [0.2, 0.25) is 0 Å². The van der Waals surface area contributed by atoms with Gasteiger partial charge in [-0.1, -0.05) is 18.7 Å². The summed E-state index contributed by atoms with van der Waals surface area (Å²) in [7, 11) is 1.64. The molecule has 1 unspecified atom stereocenters. The molecule has 0 aliphatic heterocycles. The van der Waals surface area contributed by atoms with Crippen LogP contribution in [0.5, 0.6) is 5.75 Å². The zero-order valence-electron chi connectivity index (χ0n) is 9.77. The molecule has 1 rings (SSSR count). The molecule has 0 aliphatic rings. The summed E-state index contributed by atoms with van der Waals surface area (Å²) in [6.07, 6.45) is -0.132. The highest BCUT2D eigenvalue weighted by atomic mass is 16.5. The van der Waals surface area contributed by atoms with Gasteiger partial charge in [0.1, 0.15) is 5.75 Å². The SMILES string of the molecule is C=C(CO)C(C)OCc1ccc(OC)cc1. The molecule has 1 atom stereocenters. The molecule has 0 saturated carbocycles. The molecule has 3 nitrogen and oxygen atoms in total. The van der Waals surface area contributed by atoms with E-state index in [2.05, 4.69) is 6.58 Å². The molecule has 1 aromatic carbocycles. The zero-order chi connectivity index (χ0) is 12.0. The lowest BCUT2D eigenvalue weighted by atomic mass is 10.2. The Morgan fingerprint density at radius 2 is 2.00 bits per heavy atom. The molecule has 0 bridgehead atoms. The van der Waals surface area contributed by atoms with E-state index >= 15 is 0 Å². The molecule has 0 amide bonds. The highest BCUT2D eigenvalue weighted by Crippen LogP contribution is 2.13. The van der Waals surface area contributed by atoms with E-state index < -0.39 is 0 Å². The zero-order valence-corrected chi connectivity index (χ0v) is 9.77. The number of ether oxygens (including phenoxy) is 2. The van der Waals surface area contributed by atoms with Gasteiger partial charge >= 0.3 is 0 Å². The number of hydrogen-bond acceptors (Lipinski definition) is 3. The first-order valence-electron chi connectivity index (χ1n) is 5.20. The molecular formula is C13H18O3. The molecule has 88 valence electrons. The number of hydrogen-bond donors (Lipinski definition) is 1. The fourth-order valence-electron chi connectivity index (χ4n) is 1.19. The molecule has 1 aromatic rings. The quantitative estimate of drug-likeness (QED) is 0.749. The number of methoxy groups -OCH3 is 1. The Hall–Kier alpha value is -1.32. The minimum absolute atomic E-state index is 0.0379. The van der Waals surface area contributed by atoms with E-state index in [0.717, 1.165) is 11.3 Å². The summed E-state index contributed by atoms with van der Waals surface area (Å²) < 4.78 is 10.6. The maximum Gasteiger partial charge on any atom is 0.118 e. The molecule has 1 N–H and O–H groups in total. The molecule has 0 heterocycles. The summed E-state index contributed by atoms with van der Waals surface area (Å²) in [5.41, 5.74) is 1.76. The normalized spacial score (nSPS) is 12.2. The highest BCUT2D eigenvalue weighted by Gasteiger charge is 2.05. The van der Waals surface area contributed by atoms with Crippen LogP contribution in [0.4, 0.5) is 0 Å². The van der Waals surface area contributed by atoms with Crippen LogP contribution in [0.2, 0.25) is 0 Å². The van der Waals surface area contributed by atoms with Crippen LogP contribution in [-0.4, -0.2) is 24.9 Å². The van der Waals surface area contributed by atoms with Crippen molar-refractivity contribution >= 4 is 0 Å². The Bertz CT molecular complexity index is 330. The van der Waals surface area contributed by atoms with Gasteiger partial charge < -0.3 is 14.6 Å². The van der Waals surface area contributed by atoms with Crippen LogP contribution in [0.25, 0.3) is 0 Å². The molecule has 3 heteroatoms. The monoisotopic (exact) mass is 222 g/mol. The van der Waals surface area contributed by atoms with E-state index in [0.29, 0.717) is 12.2 Å². The second-order valence-corrected chi connectivity index (χ2v) is 3.62. The Morgan fingerprint density at radius 1 is 1.38 bits per heavy atom. The van der Waals surface area contributed by atoms with Crippen LogP contribution < -0.4 is 4.74 Å². The fourth-order valence-corrected chi connectivity index (χ4v) is 1.19. The summed E-state index contributed by atoms with van der Waals surface area (Å²) in [6, 6.07) is 7.69. The molecule has 0 saturated heterocycles. The minimum atomic E-state index is -0.132. The van der Waals surface area contributed by atoms with E-state index in [-0.39, 0.29) is 12.7 Å². The number of rotatable bonds is 6. The van der Waals surface area contributed by atoms with Crippen molar-refractivity contribution in [1.29, 1.82) is 0 Å². The first-order chi connectivity index (χ1) is 7.67. The van der Waals surface area contributed by atoms with Gasteiger partial charge in [0.25, 0.3) is 0 Å². The van der Waals surface area contributed by atoms with Gasteiger partial charge in [0, 0.05) is 0 Å². The van der Waals surface area contributed by atoms with Crippen molar-refractivity contribution in [3.8, 4) is 5.75 Å². The van der Waals surface area contributed by atoms with Gasteiger partial charge in [0.05, 0.1) is 26.4 Å². The largest absolute Gasteiger partial charge is 0.497 e. The van der Waals surface area contributed by atoms with Crippen LogP contribution in [0.1, 0.15) is 12.5 Å². The predicted octanol–water partition coefficient (Wildman–Crippen LogP) is 2.15. The Kier molecular flexibility index (Phi) is 5.02. The minimum Gasteiger partial charge on any atom is -0.497 e. The van der Waals surface area contributed by atoms with Crippen molar-refractivity contribution in [2.24, 2.45) is 0 Å². The molecular weight excluding hydrogens is 204 g/mol. The van der Waals surface area contributed by atoms with Crippen LogP contribution in [0, 0.1) is 0 Å². The third-order valence-electron chi connectivity index (χ3n) is 2.44. The highest BCUT2D eigenvalue weighted by molar-refractivity contribution is 5.26. The van der Waals surface area contributed by atoms with Crippen molar-refractivity contribution in [3.63, 3.8) is 0 Å². The maximum absolute atomic E-state index is 8.87. The van der Waals surface area contributed by atoms with Crippen LogP contribution in [0.15, 0.2) is 36.4 Å². The third-order valence-corrected chi connectivity index (χ3v) is 2.44. The van der Waals surface area contributed by atoms with Gasteiger partial charge in [0.15, 0.2) is 0 Å². The van der Waals surface area contributed by atoms with Gasteiger partial charge in [-0.2, -0.15) is 0 Å². The lowest BCUT2D eigenvalue weighted by Crippen LogP contribution is -2.13. The third kappa shape index (κ3) is 3.68. The standard InChI is InChI=1S/C13H18O3/c1-10(8-14)11(2)16-9-12-4-6-13(15-3)7-5-12/h4-7,11,14H,1,8-9H2,2-3H3. The van der Waals surface area contributed by atoms with Crippen molar-refractivity contribution < 1.29 is 14.6 Å². The van der Waals surface area contributed by atoms with Crippen molar-refractivity contribution in [2.75, 3.05) is 13.7 Å². The van der Waals surface area contributed by atoms with Crippen molar-refractivity contribution in [1.82, 2.24) is 0 Å².